The van der Waals surface area contributed by atoms with E-state index in [2.05, 4.69) is 25.7 Å². The van der Waals surface area contributed by atoms with Gasteiger partial charge in [-0.05, 0) is 54.5 Å². The smallest absolute Gasteiger partial charge is 0.247 e. The molecule has 0 radical (unpaired) electrons. The van der Waals surface area contributed by atoms with E-state index in [0.717, 1.165) is 18.0 Å². The Kier molecular flexibility index (Phi) is 3.56. The summed E-state index contributed by atoms with van der Waals surface area (Å²) in [6.07, 6.45) is 2.23. The van der Waals surface area contributed by atoms with Crippen molar-refractivity contribution in [2.24, 2.45) is 0 Å². The van der Waals surface area contributed by atoms with Crippen molar-refractivity contribution in [1.82, 2.24) is 30.4 Å². The lowest BCUT2D eigenvalue weighted by Gasteiger charge is -2.06. The third-order valence-electron chi connectivity index (χ3n) is 3.52. The molecule has 23 heavy (non-hydrogen) atoms. The molecule has 9 heteroatoms. The highest BCUT2D eigenvalue weighted by atomic mass is 32.2. The van der Waals surface area contributed by atoms with Gasteiger partial charge in [0.15, 0.2) is 0 Å². The SMILES string of the molecule is C[C@H](Sc1nnnn1C1CC1)c1nnc(-c2ccc(F)cc2)o1. The molecule has 1 aromatic carbocycles. The molecule has 2 heterocycles. The second kappa shape index (κ2) is 5.73. The van der Waals surface area contributed by atoms with Crippen molar-refractivity contribution in [2.45, 2.75) is 36.2 Å². The van der Waals surface area contributed by atoms with Gasteiger partial charge < -0.3 is 4.42 Å². The second-order valence-electron chi connectivity index (χ2n) is 5.35. The molecule has 1 saturated carbocycles. The first-order valence-electron chi connectivity index (χ1n) is 7.24. The standard InChI is InChI=1S/C14H13FN6OS/c1-8(23-14-18-19-20-21(14)11-6-7-11)12-16-17-13(22-12)9-2-4-10(15)5-3-9/h2-5,8,11H,6-7H2,1H3/t8-/m0/s1. The number of halogens is 1. The van der Waals surface area contributed by atoms with Crippen LogP contribution >= 0.6 is 11.8 Å². The maximum Gasteiger partial charge on any atom is 0.247 e. The molecule has 0 bridgehead atoms. The van der Waals surface area contributed by atoms with E-state index in [1.54, 1.807) is 12.1 Å². The van der Waals surface area contributed by atoms with E-state index in [0.29, 0.717) is 23.4 Å². The van der Waals surface area contributed by atoms with E-state index >= 15 is 0 Å². The average molecular weight is 332 g/mol. The van der Waals surface area contributed by atoms with E-state index < -0.39 is 0 Å². The quantitative estimate of drug-likeness (QED) is 0.664. The molecule has 0 N–H and O–H groups in total. The Morgan fingerprint density at radius 2 is 2.00 bits per heavy atom. The molecule has 0 aliphatic heterocycles. The molecule has 118 valence electrons. The molecule has 3 aromatic rings. The molecule has 1 atom stereocenters. The van der Waals surface area contributed by atoms with Gasteiger partial charge >= 0.3 is 0 Å². The van der Waals surface area contributed by atoms with E-state index in [1.807, 2.05) is 11.6 Å². The third kappa shape index (κ3) is 2.96. The highest BCUT2D eigenvalue weighted by molar-refractivity contribution is 7.99. The van der Waals surface area contributed by atoms with Crippen LogP contribution in [0.25, 0.3) is 11.5 Å². The Morgan fingerprint density at radius 3 is 2.74 bits per heavy atom. The number of hydrogen-bond donors (Lipinski definition) is 0. The number of thioether (sulfide) groups is 1. The number of hydrogen-bond acceptors (Lipinski definition) is 7. The lowest BCUT2D eigenvalue weighted by atomic mass is 10.2. The first-order valence-corrected chi connectivity index (χ1v) is 8.12. The molecular formula is C14H13FN6OS. The van der Waals surface area contributed by atoms with Crippen LogP contribution in [0, 0.1) is 5.82 Å². The summed E-state index contributed by atoms with van der Waals surface area (Å²) < 4.78 is 20.5. The highest BCUT2D eigenvalue weighted by Gasteiger charge is 2.29. The lowest BCUT2D eigenvalue weighted by molar-refractivity contribution is 0.507. The normalized spacial score (nSPS) is 15.7. The van der Waals surface area contributed by atoms with E-state index in [4.69, 9.17) is 4.42 Å². The number of tetrazole rings is 1. The van der Waals surface area contributed by atoms with Gasteiger partial charge in [-0.3, -0.25) is 0 Å². The van der Waals surface area contributed by atoms with Gasteiger partial charge in [-0.2, -0.15) is 0 Å². The molecule has 2 aromatic heterocycles. The van der Waals surface area contributed by atoms with Crippen LogP contribution in [-0.2, 0) is 0 Å². The van der Waals surface area contributed by atoms with Crippen molar-refractivity contribution < 1.29 is 8.81 Å². The first kappa shape index (κ1) is 14.3. The minimum Gasteiger partial charge on any atom is -0.419 e. The minimum atomic E-state index is -0.302. The van der Waals surface area contributed by atoms with Gasteiger partial charge in [-0.15, -0.1) is 15.3 Å². The number of nitrogens with zero attached hydrogens (tertiary/aromatic N) is 6. The van der Waals surface area contributed by atoms with Crippen molar-refractivity contribution in [3.63, 3.8) is 0 Å². The van der Waals surface area contributed by atoms with Crippen molar-refractivity contribution in [3.8, 4) is 11.5 Å². The van der Waals surface area contributed by atoms with Crippen LogP contribution in [0.4, 0.5) is 4.39 Å². The van der Waals surface area contributed by atoms with Crippen molar-refractivity contribution in [1.29, 1.82) is 0 Å². The second-order valence-corrected chi connectivity index (χ2v) is 6.66. The average Bonchev–Trinajstić information content (AvgIpc) is 3.09. The number of aromatic nitrogens is 6. The molecule has 4 rings (SSSR count). The predicted octanol–water partition coefficient (Wildman–Crippen LogP) is 3.05. The zero-order valence-corrected chi connectivity index (χ0v) is 13.1. The molecule has 0 saturated heterocycles. The summed E-state index contributed by atoms with van der Waals surface area (Å²) in [5, 5.41) is 20.6. The summed E-state index contributed by atoms with van der Waals surface area (Å²) in [5.74, 6) is 0.554. The van der Waals surface area contributed by atoms with E-state index in [1.165, 1.54) is 23.9 Å². The first-order chi connectivity index (χ1) is 11.2. The van der Waals surface area contributed by atoms with Gasteiger partial charge in [0.1, 0.15) is 5.82 Å². The Bertz CT molecular complexity index is 813. The van der Waals surface area contributed by atoms with Gasteiger partial charge in [0.05, 0.1) is 11.3 Å². The Balaban J connectivity index is 1.51. The van der Waals surface area contributed by atoms with Gasteiger partial charge in [-0.25, -0.2) is 9.07 Å². The molecule has 0 spiro atoms. The predicted molar refractivity (Wildman–Crippen MR) is 80.1 cm³/mol. The van der Waals surface area contributed by atoms with Crippen molar-refractivity contribution in [3.05, 3.63) is 36.0 Å². The maximum absolute atomic E-state index is 13.0. The number of rotatable bonds is 5. The fraction of sp³-hybridized carbons (Fsp3) is 0.357. The molecule has 1 fully saturated rings. The third-order valence-corrected chi connectivity index (χ3v) is 4.55. The fourth-order valence-corrected chi connectivity index (χ4v) is 3.02. The maximum atomic E-state index is 13.0. The lowest BCUT2D eigenvalue weighted by Crippen LogP contribution is -2.00. The highest BCUT2D eigenvalue weighted by Crippen LogP contribution is 2.40. The minimum absolute atomic E-state index is 0.0831. The van der Waals surface area contributed by atoms with Gasteiger partial charge in [0.25, 0.3) is 0 Å². The summed E-state index contributed by atoms with van der Waals surface area (Å²) >= 11 is 1.48. The van der Waals surface area contributed by atoms with Gasteiger partial charge in [0, 0.05) is 5.56 Å². The zero-order chi connectivity index (χ0) is 15.8. The van der Waals surface area contributed by atoms with Crippen LogP contribution in [0.3, 0.4) is 0 Å². The summed E-state index contributed by atoms with van der Waals surface area (Å²) in [7, 11) is 0. The Morgan fingerprint density at radius 1 is 1.22 bits per heavy atom. The molecule has 0 unspecified atom stereocenters. The van der Waals surface area contributed by atoms with E-state index in [9.17, 15) is 4.39 Å². The van der Waals surface area contributed by atoms with Crippen molar-refractivity contribution >= 4 is 11.8 Å². The number of benzene rings is 1. The van der Waals surface area contributed by atoms with Crippen LogP contribution in [0.2, 0.25) is 0 Å². The Labute approximate surface area is 135 Å². The van der Waals surface area contributed by atoms with Crippen LogP contribution in [-0.4, -0.2) is 30.4 Å². The summed E-state index contributed by atoms with van der Waals surface area (Å²) in [4.78, 5) is 0. The van der Waals surface area contributed by atoms with E-state index in [-0.39, 0.29) is 11.1 Å². The zero-order valence-electron chi connectivity index (χ0n) is 12.3. The largest absolute Gasteiger partial charge is 0.419 e. The topological polar surface area (TPSA) is 82.5 Å². The summed E-state index contributed by atoms with van der Waals surface area (Å²) in [6, 6.07) is 6.36. The molecule has 7 nitrogen and oxygen atoms in total. The summed E-state index contributed by atoms with van der Waals surface area (Å²) in [5.41, 5.74) is 0.685. The van der Waals surface area contributed by atoms with Crippen molar-refractivity contribution in [2.75, 3.05) is 0 Å². The molecular weight excluding hydrogens is 319 g/mol. The van der Waals surface area contributed by atoms with Crippen LogP contribution in [0.1, 0.15) is 36.9 Å². The monoisotopic (exact) mass is 332 g/mol. The van der Waals surface area contributed by atoms with Gasteiger partial charge in [0.2, 0.25) is 16.9 Å². The fourth-order valence-electron chi connectivity index (χ4n) is 2.13. The Hall–Kier alpha value is -2.29. The molecule has 1 aliphatic rings. The summed E-state index contributed by atoms with van der Waals surface area (Å²) in [6.45, 7) is 1.96. The van der Waals surface area contributed by atoms with Crippen LogP contribution in [0.15, 0.2) is 33.8 Å². The molecule has 1 aliphatic carbocycles. The van der Waals surface area contributed by atoms with Gasteiger partial charge in [-0.1, -0.05) is 11.8 Å². The van der Waals surface area contributed by atoms with Crippen LogP contribution < -0.4 is 0 Å². The van der Waals surface area contributed by atoms with Crippen LogP contribution in [0.5, 0.6) is 0 Å². The molecule has 0 amide bonds.